The molecule has 0 radical (unpaired) electrons. The zero-order valence-corrected chi connectivity index (χ0v) is 12.4. The molecular formula is C16H30N2O. The van der Waals surface area contributed by atoms with Gasteiger partial charge in [-0.15, -0.1) is 0 Å². The van der Waals surface area contributed by atoms with E-state index in [0.29, 0.717) is 12.0 Å². The zero-order valence-electron chi connectivity index (χ0n) is 12.4. The van der Waals surface area contributed by atoms with Crippen LogP contribution in [0.15, 0.2) is 0 Å². The lowest BCUT2D eigenvalue weighted by Crippen LogP contribution is -2.44. The molecule has 0 bridgehead atoms. The van der Waals surface area contributed by atoms with E-state index in [1.807, 2.05) is 0 Å². The summed E-state index contributed by atoms with van der Waals surface area (Å²) in [5.41, 5.74) is 0. The van der Waals surface area contributed by atoms with Crippen molar-refractivity contribution in [3.05, 3.63) is 0 Å². The van der Waals surface area contributed by atoms with Gasteiger partial charge in [0, 0.05) is 24.5 Å². The molecule has 3 aliphatic rings. The summed E-state index contributed by atoms with van der Waals surface area (Å²) in [7, 11) is 0. The number of hydrogen-bond acceptors (Lipinski definition) is 3. The van der Waals surface area contributed by atoms with Gasteiger partial charge in [0.05, 0.1) is 13.2 Å². The topological polar surface area (TPSA) is 24.5 Å². The standard InChI is InChI=1S/C16H30N2O/c1-2-17-15-12-19-11-14(15)10-18-9-5-8-16(18)13-6-3-4-7-13/h13-17H,2-12H2,1H3. The summed E-state index contributed by atoms with van der Waals surface area (Å²) in [5.74, 6) is 1.71. The molecule has 3 unspecified atom stereocenters. The maximum absolute atomic E-state index is 5.70. The number of hydrogen-bond donors (Lipinski definition) is 1. The SMILES string of the molecule is CCNC1COCC1CN1CCCC1C1CCCC1. The third-order valence-electron chi connectivity index (χ3n) is 5.49. The van der Waals surface area contributed by atoms with Gasteiger partial charge in [-0.3, -0.25) is 4.90 Å². The molecule has 110 valence electrons. The molecule has 0 aromatic heterocycles. The molecule has 0 spiro atoms. The van der Waals surface area contributed by atoms with E-state index in [0.717, 1.165) is 31.7 Å². The molecule has 1 N–H and O–H groups in total. The molecule has 3 nitrogen and oxygen atoms in total. The van der Waals surface area contributed by atoms with Gasteiger partial charge in [0.25, 0.3) is 0 Å². The van der Waals surface area contributed by atoms with E-state index in [2.05, 4.69) is 17.1 Å². The first kappa shape index (κ1) is 13.8. The Hall–Kier alpha value is -0.120. The van der Waals surface area contributed by atoms with E-state index in [-0.39, 0.29) is 0 Å². The molecule has 3 rings (SSSR count). The van der Waals surface area contributed by atoms with Crippen LogP contribution in [-0.2, 0) is 4.74 Å². The van der Waals surface area contributed by atoms with Crippen molar-refractivity contribution in [1.82, 2.24) is 10.2 Å². The van der Waals surface area contributed by atoms with E-state index in [9.17, 15) is 0 Å². The minimum absolute atomic E-state index is 0.592. The molecule has 1 saturated carbocycles. The van der Waals surface area contributed by atoms with Gasteiger partial charge < -0.3 is 10.1 Å². The fraction of sp³-hybridized carbons (Fsp3) is 1.00. The Bertz CT molecular complexity index is 278. The van der Waals surface area contributed by atoms with E-state index in [4.69, 9.17) is 4.74 Å². The lowest BCUT2D eigenvalue weighted by atomic mass is 9.94. The molecule has 3 atom stereocenters. The summed E-state index contributed by atoms with van der Waals surface area (Å²) in [5, 5.41) is 3.60. The summed E-state index contributed by atoms with van der Waals surface area (Å²) in [6, 6.07) is 1.49. The van der Waals surface area contributed by atoms with Gasteiger partial charge in [-0.25, -0.2) is 0 Å². The van der Waals surface area contributed by atoms with Crippen LogP contribution in [-0.4, -0.2) is 49.8 Å². The normalized spacial score (nSPS) is 37.4. The summed E-state index contributed by atoms with van der Waals surface area (Å²) in [6.45, 7) is 7.74. The number of ether oxygens (including phenoxy) is 1. The van der Waals surface area contributed by atoms with Crippen LogP contribution in [0.3, 0.4) is 0 Å². The summed E-state index contributed by atoms with van der Waals surface area (Å²) >= 11 is 0. The molecule has 3 heteroatoms. The maximum Gasteiger partial charge on any atom is 0.0623 e. The molecule has 2 aliphatic heterocycles. The Kier molecular flexibility index (Phi) is 4.78. The second kappa shape index (κ2) is 6.55. The largest absolute Gasteiger partial charge is 0.379 e. The van der Waals surface area contributed by atoms with Gasteiger partial charge in [-0.2, -0.15) is 0 Å². The van der Waals surface area contributed by atoms with Crippen LogP contribution in [0.1, 0.15) is 45.4 Å². The van der Waals surface area contributed by atoms with Crippen LogP contribution in [0.4, 0.5) is 0 Å². The first-order valence-electron chi connectivity index (χ1n) is 8.43. The van der Waals surface area contributed by atoms with Gasteiger partial charge in [0.1, 0.15) is 0 Å². The van der Waals surface area contributed by atoms with E-state index in [1.165, 1.54) is 51.6 Å². The Morgan fingerprint density at radius 3 is 2.74 bits per heavy atom. The summed E-state index contributed by atoms with van der Waals surface area (Å²) < 4.78 is 5.70. The number of likely N-dealkylation sites (tertiary alicyclic amines) is 1. The molecule has 0 aromatic carbocycles. The Morgan fingerprint density at radius 2 is 1.95 bits per heavy atom. The van der Waals surface area contributed by atoms with Crippen LogP contribution >= 0.6 is 0 Å². The highest BCUT2D eigenvalue weighted by molar-refractivity contribution is 4.91. The lowest BCUT2D eigenvalue weighted by molar-refractivity contribution is 0.141. The Balaban J connectivity index is 1.55. The van der Waals surface area contributed by atoms with Gasteiger partial charge in [-0.05, 0) is 44.7 Å². The van der Waals surface area contributed by atoms with E-state index < -0.39 is 0 Å². The monoisotopic (exact) mass is 266 g/mol. The highest BCUT2D eigenvalue weighted by Crippen LogP contribution is 2.36. The van der Waals surface area contributed by atoms with Crippen molar-refractivity contribution in [1.29, 1.82) is 0 Å². The molecule has 0 aromatic rings. The van der Waals surface area contributed by atoms with Crippen LogP contribution < -0.4 is 5.32 Å². The van der Waals surface area contributed by atoms with Crippen LogP contribution in [0.2, 0.25) is 0 Å². The number of nitrogens with zero attached hydrogens (tertiary/aromatic N) is 1. The number of nitrogens with one attached hydrogen (secondary N) is 1. The second-order valence-corrected chi connectivity index (χ2v) is 6.71. The molecule has 1 aliphatic carbocycles. The van der Waals surface area contributed by atoms with Crippen LogP contribution in [0, 0.1) is 11.8 Å². The smallest absolute Gasteiger partial charge is 0.0623 e. The zero-order chi connectivity index (χ0) is 13.1. The Labute approximate surface area is 118 Å². The third kappa shape index (κ3) is 3.14. The van der Waals surface area contributed by atoms with Crippen molar-refractivity contribution in [3.63, 3.8) is 0 Å². The quantitative estimate of drug-likeness (QED) is 0.826. The van der Waals surface area contributed by atoms with Crippen molar-refractivity contribution in [3.8, 4) is 0 Å². The maximum atomic E-state index is 5.70. The minimum atomic E-state index is 0.592. The van der Waals surface area contributed by atoms with Crippen molar-refractivity contribution in [2.45, 2.75) is 57.5 Å². The van der Waals surface area contributed by atoms with E-state index >= 15 is 0 Å². The van der Waals surface area contributed by atoms with Crippen molar-refractivity contribution in [2.24, 2.45) is 11.8 Å². The van der Waals surface area contributed by atoms with Crippen molar-refractivity contribution >= 4 is 0 Å². The molecule has 2 heterocycles. The first-order chi connectivity index (χ1) is 9.38. The molecule has 2 saturated heterocycles. The van der Waals surface area contributed by atoms with Gasteiger partial charge >= 0.3 is 0 Å². The lowest BCUT2D eigenvalue weighted by Gasteiger charge is -2.32. The third-order valence-corrected chi connectivity index (χ3v) is 5.49. The average Bonchev–Trinajstić information content (AvgIpc) is 3.12. The predicted molar refractivity (Wildman–Crippen MR) is 78.3 cm³/mol. The number of rotatable bonds is 5. The van der Waals surface area contributed by atoms with Crippen molar-refractivity contribution < 1.29 is 4.74 Å². The second-order valence-electron chi connectivity index (χ2n) is 6.71. The summed E-state index contributed by atoms with van der Waals surface area (Å²) in [6.07, 6.45) is 8.78. The summed E-state index contributed by atoms with van der Waals surface area (Å²) in [4.78, 5) is 2.81. The van der Waals surface area contributed by atoms with Gasteiger partial charge in [-0.1, -0.05) is 19.8 Å². The average molecular weight is 266 g/mol. The predicted octanol–water partition coefficient (Wildman–Crippen LogP) is 2.27. The van der Waals surface area contributed by atoms with Crippen LogP contribution in [0.25, 0.3) is 0 Å². The fourth-order valence-electron chi connectivity index (χ4n) is 4.52. The Morgan fingerprint density at radius 1 is 1.11 bits per heavy atom. The molecule has 3 fully saturated rings. The van der Waals surface area contributed by atoms with Crippen LogP contribution in [0.5, 0.6) is 0 Å². The van der Waals surface area contributed by atoms with Gasteiger partial charge in [0.15, 0.2) is 0 Å². The molecule has 0 amide bonds. The molecule has 19 heavy (non-hydrogen) atoms. The van der Waals surface area contributed by atoms with Crippen molar-refractivity contribution in [2.75, 3.05) is 32.8 Å². The van der Waals surface area contributed by atoms with Gasteiger partial charge in [0.2, 0.25) is 0 Å². The minimum Gasteiger partial charge on any atom is -0.379 e. The highest BCUT2D eigenvalue weighted by Gasteiger charge is 2.36. The van der Waals surface area contributed by atoms with E-state index in [1.54, 1.807) is 0 Å². The first-order valence-corrected chi connectivity index (χ1v) is 8.43. The highest BCUT2D eigenvalue weighted by atomic mass is 16.5. The fourth-order valence-corrected chi connectivity index (χ4v) is 4.52. The number of likely N-dealkylation sites (N-methyl/N-ethyl adjacent to an activating group) is 1. The molecular weight excluding hydrogens is 236 g/mol.